The predicted octanol–water partition coefficient (Wildman–Crippen LogP) is 2.17. The minimum atomic E-state index is -6.94. The number of halogens is 12. The summed E-state index contributed by atoms with van der Waals surface area (Å²) in [6, 6.07) is 0. The number of rotatable bonds is 7. The molecule has 1 aliphatic rings. The average molecular weight is 512 g/mol. The average Bonchev–Trinajstić information content (AvgIpc) is 2.54. The molecule has 17 heteroatoms. The number of carboxylic acid groups (broad SMARTS) is 1. The van der Waals surface area contributed by atoms with E-state index in [4.69, 9.17) is 0 Å². The van der Waals surface area contributed by atoms with Gasteiger partial charge in [-0.05, 0) is 12.8 Å². The van der Waals surface area contributed by atoms with Gasteiger partial charge in [0.1, 0.15) is 0 Å². The molecule has 1 saturated heterocycles. The summed E-state index contributed by atoms with van der Waals surface area (Å²) in [7, 11) is 0. The standard InChI is InChI=1S/C9H18O2.C6F12O2.Na/c1-2-3-4-5-6-7-8-9(10)11;7-1(3(9,10)11)5(15,16)20-2(8,4(12,13)14)6(17,18)19-1;/h2-8H2,1H3,(H,10,11);;/q;;+1/p-1. The van der Waals surface area contributed by atoms with Crippen molar-refractivity contribution in [3.63, 3.8) is 0 Å². The number of unbranched alkanes of at least 4 members (excludes halogenated alkanes) is 5. The molecular weight excluding hydrogens is 495 g/mol. The maximum absolute atomic E-state index is 12.8. The number of carboxylic acids is 1. The summed E-state index contributed by atoms with van der Waals surface area (Å²) in [5.74, 6) is -14.3. The van der Waals surface area contributed by atoms with Gasteiger partial charge < -0.3 is 9.90 Å². The van der Waals surface area contributed by atoms with Gasteiger partial charge in [0.05, 0.1) is 0 Å². The Morgan fingerprint density at radius 3 is 1.31 bits per heavy atom. The fourth-order valence-corrected chi connectivity index (χ4v) is 2.10. The van der Waals surface area contributed by atoms with Crippen LogP contribution < -0.4 is 34.7 Å². The quantitative estimate of drug-likeness (QED) is 0.298. The van der Waals surface area contributed by atoms with Gasteiger partial charge in [0.2, 0.25) is 0 Å². The van der Waals surface area contributed by atoms with E-state index in [2.05, 4.69) is 6.92 Å². The minimum Gasteiger partial charge on any atom is -0.550 e. The summed E-state index contributed by atoms with van der Waals surface area (Å²) in [4.78, 5) is 9.98. The first-order chi connectivity index (χ1) is 13.7. The van der Waals surface area contributed by atoms with Crippen molar-refractivity contribution in [3.05, 3.63) is 0 Å². The number of alkyl halides is 12. The molecule has 0 aromatic rings. The van der Waals surface area contributed by atoms with Gasteiger partial charge in [-0.2, -0.15) is 52.7 Å². The fourth-order valence-electron chi connectivity index (χ4n) is 2.10. The molecule has 1 fully saturated rings. The molecule has 2 atom stereocenters. The fraction of sp³-hybridized carbons (Fsp3) is 0.933. The third kappa shape index (κ3) is 7.81. The summed E-state index contributed by atoms with van der Waals surface area (Å²) in [5, 5.41) is 9.98. The molecule has 1 rings (SSSR count). The van der Waals surface area contributed by atoms with Crippen molar-refractivity contribution in [3.8, 4) is 0 Å². The smallest absolute Gasteiger partial charge is 0.550 e. The summed E-state index contributed by atoms with van der Waals surface area (Å²) >= 11 is 0. The Balaban J connectivity index is 0. The monoisotopic (exact) mass is 512 g/mol. The molecule has 0 aromatic carbocycles. The molecule has 186 valence electrons. The topological polar surface area (TPSA) is 58.6 Å². The Hall–Kier alpha value is -0.450. The molecule has 1 aliphatic heterocycles. The maximum atomic E-state index is 12.8. The number of hydrogen-bond acceptors (Lipinski definition) is 4. The first-order valence-electron chi connectivity index (χ1n) is 8.55. The molecule has 0 N–H and O–H groups in total. The predicted molar refractivity (Wildman–Crippen MR) is 74.9 cm³/mol. The van der Waals surface area contributed by atoms with E-state index in [9.17, 15) is 62.6 Å². The number of hydrogen-bond donors (Lipinski definition) is 0. The summed E-state index contributed by atoms with van der Waals surface area (Å²) in [6.07, 6.45) is -20.4. The van der Waals surface area contributed by atoms with E-state index in [1.807, 2.05) is 0 Å². The zero-order chi connectivity index (χ0) is 24.9. The number of ether oxygens (including phenoxy) is 2. The molecule has 0 spiro atoms. The second-order valence-corrected chi connectivity index (χ2v) is 6.31. The van der Waals surface area contributed by atoms with Gasteiger partial charge in [-0.1, -0.05) is 39.0 Å². The van der Waals surface area contributed by atoms with E-state index in [0.29, 0.717) is 0 Å². The van der Waals surface area contributed by atoms with Crippen LogP contribution in [0, 0.1) is 0 Å². The summed E-state index contributed by atoms with van der Waals surface area (Å²) in [5.41, 5.74) is 0. The van der Waals surface area contributed by atoms with E-state index >= 15 is 0 Å². The summed E-state index contributed by atoms with van der Waals surface area (Å²) < 4.78 is 151. The van der Waals surface area contributed by atoms with Crippen LogP contribution in [-0.4, -0.2) is 42.2 Å². The van der Waals surface area contributed by atoms with Crippen LogP contribution in [0.5, 0.6) is 0 Å². The number of carbonyl (C=O) groups is 1. The van der Waals surface area contributed by atoms with Gasteiger partial charge in [-0.3, -0.25) is 9.47 Å². The Labute approximate surface area is 195 Å². The van der Waals surface area contributed by atoms with E-state index in [-0.39, 0.29) is 36.0 Å². The maximum Gasteiger partial charge on any atom is 1.00 e. The first-order valence-corrected chi connectivity index (χ1v) is 8.55. The van der Waals surface area contributed by atoms with Crippen LogP contribution in [0.25, 0.3) is 0 Å². The first kappa shape index (κ1) is 33.7. The molecule has 4 nitrogen and oxygen atoms in total. The van der Waals surface area contributed by atoms with Gasteiger partial charge in [0.25, 0.3) is 0 Å². The SMILES string of the molecule is CCCCCCCCC(=O)[O-].FC(F)(F)C1(F)OC(F)(F)C(F)(C(F)(F)F)OC1(F)F.[Na+]. The largest absolute Gasteiger partial charge is 1.00 e. The van der Waals surface area contributed by atoms with E-state index in [0.717, 1.165) is 12.8 Å². The molecule has 0 aromatic heterocycles. The number of carbonyl (C=O) groups excluding carboxylic acids is 1. The number of aliphatic carboxylic acids is 1. The second kappa shape index (κ2) is 11.8. The molecule has 0 bridgehead atoms. The Kier molecular flexibility index (Phi) is 12.4. The second-order valence-electron chi connectivity index (χ2n) is 6.31. The van der Waals surface area contributed by atoms with Gasteiger partial charge in [0.15, 0.2) is 0 Å². The van der Waals surface area contributed by atoms with Crippen molar-refractivity contribution in [2.75, 3.05) is 0 Å². The van der Waals surface area contributed by atoms with Gasteiger partial charge in [-0.25, -0.2) is 0 Å². The Morgan fingerprint density at radius 2 is 1.03 bits per heavy atom. The van der Waals surface area contributed by atoms with Crippen molar-refractivity contribution in [2.24, 2.45) is 0 Å². The van der Waals surface area contributed by atoms with Gasteiger partial charge in [0, 0.05) is 5.97 Å². The van der Waals surface area contributed by atoms with Crippen LogP contribution in [0.3, 0.4) is 0 Å². The van der Waals surface area contributed by atoms with Crippen LogP contribution in [0.2, 0.25) is 0 Å². The molecule has 0 radical (unpaired) electrons. The van der Waals surface area contributed by atoms with Gasteiger partial charge >= 0.3 is 65.8 Å². The van der Waals surface area contributed by atoms with E-state index in [1.165, 1.54) is 25.7 Å². The molecule has 2 unspecified atom stereocenters. The zero-order valence-corrected chi connectivity index (χ0v) is 18.6. The van der Waals surface area contributed by atoms with Crippen LogP contribution in [0.1, 0.15) is 51.9 Å². The van der Waals surface area contributed by atoms with E-state index in [1.54, 1.807) is 9.47 Å². The molecule has 1 heterocycles. The molecular formula is C15H17F12NaO4. The summed E-state index contributed by atoms with van der Waals surface area (Å²) in [6.45, 7) is 2.17. The molecule has 0 amide bonds. The molecule has 0 aliphatic carbocycles. The van der Waals surface area contributed by atoms with Crippen LogP contribution >= 0.6 is 0 Å². The minimum absolute atomic E-state index is 0. The van der Waals surface area contributed by atoms with E-state index < -0.39 is 42.2 Å². The van der Waals surface area contributed by atoms with Crippen molar-refractivity contribution >= 4 is 5.97 Å². The van der Waals surface area contributed by atoms with Crippen molar-refractivity contribution < 1.29 is 102 Å². The van der Waals surface area contributed by atoms with Crippen molar-refractivity contribution in [1.82, 2.24) is 0 Å². The molecule has 0 saturated carbocycles. The Morgan fingerprint density at radius 1 is 0.719 bits per heavy atom. The third-order valence-electron chi connectivity index (χ3n) is 3.75. The van der Waals surface area contributed by atoms with Crippen LogP contribution in [-0.2, 0) is 14.3 Å². The normalized spacial score (nSPS) is 27.0. The molecule has 32 heavy (non-hydrogen) atoms. The van der Waals surface area contributed by atoms with Gasteiger partial charge in [-0.15, -0.1) is 0 Å². The zero-order valence-electron chi connectivity index (χ0n) is 16.6. The van der Waals surface area contributed by atoms with Crippen LogP contribution in [0.4, 0.5) is 52.7 Å². The van der Waals surface area contributed by atoms with Crippen LogP contribution in [0.15, 0.2) is 0 Å². The van der Waals surface area contributed by atoms with Crippen molar-refractivity contribution in [2.45, 2.75) is 88.1 Å². The van der Waals surface area contributed by atoms with Crippen molar-refractivity contribution in [1.29, 1.82) is 0 Å². The Bertz CT molecular complexity index is 560. The third-order valence-corrected chi connectivity index (χ3v) is 3.75.